The Balaban J connectivity index is 1.87. The summed E-state index contributed by atoms with van der Waals surface area (Å²) in [6.07, 6.45) is 1.75. The van der Waals surface area contributed by atoms with Crippen LogP contribution in [0.25, 0.3) is 0 Å². The maximum atomic E-state index is 12.0. The molecule has 2 rings (SSSR count). The molecule has 1 N–H and O–H groups in total. The van der Waals surface area contributed by atoms with Crippen molar-refractivity contribution in [2.45, 2.75) is 44.2 Å². The molecule has 0 aromatic carbocycles. The first kappa shape index (κ1) is 12.9. The van der Waals surface area contributed by atoms with Crippen molar-refractivity contribution < 1.29 is 19.1 Å². The van der Waals surface area contributed by atoms with E-state index < -0.39 is 6.29 Å². The molecule has 4 atom stereocenters. The van der Waals surface area contributed by atoms with Gasteiger partial charge in [0, 0.05) is 6.61 Å². The average molecular weight is 259 g/mol. The van der Waals surface area contributed by atoms with Gasteiger partial charge in [0.15, 0.2) is 5.52 Å². The predicted molar refractivity (Wildman–Crippen MR) is 64.3 cm³/mol. The van der Waals surface area contributed by atoms with Gasteiger partial charge in [-0.2, -0.15) is 0 Å². The summed E-state index contributed by atoms with van der Waals surface area (Å²) < 4.78 is 10.4. The molecule has 2 saturated heterocycles. The first-order valence-corrected chi connectivity index (χ1v) is 7.13. The second-order valence-electron chi connectivity index (χ2n) is 4.28. The smallest absolute Gasteiger partial charge is 0.309 e. The van der Waals surface area contributed by atoms with Gasteiger partial charge in [-0.1, -0.05) is 0 Å². The van der Waals surface area contributed by atoms with E-state index in [0.29, 0.717) is 13.0 Å². The number of esters is 1. The van der Waals surface area contributed by atoms with E-state index in [2.05, 4.69) is 5.32 Å². The fraction of sp³-hybridized carbons (Fsp3) is 0.818. The minimum absolute atomic E-state index is 0.0219. The molecule has 2 fully saturated rings. The van der Waals surface area contributed by atoms with E-state index in [9.17, 15) is 9.59 Å². The summed E-state index contributed by atoms with van der Waals surface area (Å²) in [5.41, 5.74) is 0.118. The summed E-state index contributed by atoms with van der Waals surface area (Å²) in [5, 5.41) is 3.18. The quantitative estimate of drug-likeness (QED) is 0.579. The number of carbonyl (C=O) groups excluding carboxylic acids is 2. The summed E-state index contributed by atoms with van der Waals surface area (Å²) in [4.78, 5) is 23.2. The van der Waals surface area contributed by atoms with E-state index in [0.717, 1.165) is 19.4 Å². The van der Waals surface area contributed by atoms with Crippen molar-refractivity contribution in [3.8, 4) is 0 Å². The monoisotopic (exact) mass is 259 g/mol. The van der Waals surface area contributed by atoms with Gasteiger partial charge in [-0.25, -0.2) is 0 Å². The summed E-state index contributed by atoms with van der Waals surface area (Å²) >= 11 is 0. The third-order valence-corrected chi connectivity index (χ3v) is 4.48. The summed E-state index contributed by atoms with van der Waals surface area (Å²) in [5.74, 6) is -0.256. The van der Waals surface area contributed by atoms with E-state index in [1.165, 1.54) is 0 Å². The zero-order valence-corrected chi connectivity index (χ0v) is 10.9. The van der Waals surface area contributed by atoms with E-state index in [-0.39, 0.29) is 31.8 Å². The molecule has 2 aliphatic heterocycles. The van der Waals surface area contributed by atoms with Gasteiger partial charge in [-0.15, -0.1) is 0 Å². The average Bonchev–Trinajstić information content (AvgIpc) is 2.89. The van der Waals surface area contributed by atoms with Gasteiger partial charge in [0.1, 0.15) is 0 Å². The lowest BCUT2D eigenvalue weighted by molar-refractivity contribution is -0.161. The standard InChI is InChI=1S/C11H18NO4P/c1-2-15-11-8(6-9(13)16-11)17-10(14)7-4-3-5-12-7/h7-8,11-12,17H,2-6H2,1H3/t7-,8-,11+/m0/s1. The topological polar surface area (TPSA) is 64.6 Å². The van der Waals surface area contributed by atoms with Crippen LogP contribution in [0.15, 0.2) is 0 Å². The Hall–Kier alpha value is -0.510. The van der Waals surface area contributed by atoms with Crippen LogP contribution in [-0.2, 0) is 19.1 Å². The van der Waals surface area contributed by atoms with Crippen molar-refractivity contribution in [3.05, 3.63) is 0 Å². The molecule has 2 heterocycles. The van der Waals surface area contributed by atoms with E-state index in [1.54, 1.807) is 0 Å². The van der Waals surface area contributed by atoms with Crippen LogP contribution in [0.2, 0.25) is 0 Å². The Labute approximate surface area is 102 Å². The fourth-order valence-corrected chi connectivity index (χ4v) is 3.54. The minimum atomic E-state index is -0.517. The van der Waals surface area contributed by atoms with Gasteiger partial charge in [-0.3, -0.25) is 9.59 Å². The van der Waals surface area contributed by atoms with Crippen LogP contribution in [0, 0.1) is 0 Å². The third kappa shape index (κ3) is 3.24. The van der Waals surface area contributed by atoms with Crippen molar-refractivity contribution in [1.82, 2.24) is 5.32 Å². The number of carbonyl (C=O) groups is 2. The van der Waals surface area contributed by atoms with Crippen molar-refractivity contribution in [2.75, 3.05) is 13.2 Å². The molecule has 96 valence electrons. The predicted octanol–water partition coefficient (Wildman–Crippen LogP) is 0.622. The van der Waals surface area contributed by atoms with Gasteiger partial charge in [0.05, 0.1) is 18.1 Å². The van der Waals surface area contributed by atoms with Crippen LogP contribution in [0.5, 0.6) is 0 Å². The fourth-order valence-electron chi connectivity index (χ4n) is 2.16. The molecule has 0 spiro atoms. The summed E-state index contributed by atoms with van der Waals surface area (Å²) in [6, 6.07) is -0.0219. The van der Waals surface area contributed by atoms with Gasteiger partial charge in [0.25, 0.3) is 0 Å². The maximum absolute atomic E-state index is 12.0. The highest BCUT2D eigenvalue weighted by Gasteiger charge is 2.38. The Morgan fingerprint density at radius 3 is 3.12 bits per heavy atom. The summed E-state index contributed by atoms with van der Waals surface area (Å²) in [7, 11) is 0.0975. The normalized spacial score (nSPS) is 33.5. The number of nitrogens with one attached hydrogen (secondary N) is 1. The Morgan fingerprint density at radius 1 is 1.65 bits per heavy atom. The van der Waals surface area contributed by atoms with E-state index >= 15 is 0 Å². The summed E-state index contributed by atoms with van der Waals surface area (Å²) in [6.45, 7) is 3.26. The van der Waals surface area contributed by atoms with Crippen molar-refractivity contribution in [2.24, 2.45) is 0 Å². The van der Waals surface area contributed by atoms with Crippen molar-refractivity contribution in [1.29, 1.82) is 0 Å². The molecule has 0 aliphatic carbocycles. The number of cyclic esters (lactones) is 1. The molecule has 0 radical (unpaired) electrons. The number of ether oxygens (including phenoxy) is 2. The van der Waals surface area contributed by atoms with Gasteiger partial charge >= 0.3 is 5.97 Å². The molecule has 2 aliphatic rings. The van der Waals surface area contributed by atoms with Crippen LogP contribution in [-0.4, -0.2) is 42.6 Å². The molecule has 0 aromatic heterocycles. The lowest BCUT2D eigenvalue weighted by Gasteiger charge is -2.18. The molecule has 0 bridgehead atoms. The number of rotatable bonds is 5. The largest absolute Gasteiger partial charge is 0.435 e. The number of hydrogen-bond donors (Lipinski definition) is 1. The molecular formula is C11H18NO4P. The SMILES string of the molecule is CCO[C@@H]1OC(=O)C[C@@H]1PC(=O)[C@@H]1CCCN1. The maximum Gasteiger partial charge on any atom is 0.309 e. The lowest BCUT2D eigenvalue weighted by Crippen LogP contribution is -2.31. The highest BCUT2D eigenvalue weighted by molar-refractivity contribution is 7.59. The van der Waals surface area contributed by atoms with E-state index in [4.69, 9.17) is 9.47 Å². The third-order valence-electron chi connectivity index (χ3n) is 3.00. The first-order valence-electron chi connectivity index (χ1n) is 6.05. The Kier molecular flexibility index (Phi) is 4.48. The Morgan fingerprint density at radius 2 is 2.47 bits per heavy atom. The van der Waals surface area contributed by atoms with Gasteiger partial charge < -0.3 is 14.8 Å². The second kappa shape index (κ2) is 5.89. The zero-order chi connectivity index (χ0) is 12.3. The second-order valence-corrected chi connectivity index (χ2v) is 5.80. The lowest BCUT2D eigenvalue weighted by atomic mass is 10.2. The van der Waals surface area contributed by atoms with Crippen LogP contribution < -0.4 is 5.32 Å². The number of hydrogen-bond acceptors (Lipinski definition) is 5. The molecule has 6 heteroatoms. The first-order chi connectivity index (χ1) is 8.20. The van der Waals surface area contributed by atoms with Crippen LogP contribution in [0.1, 0.15) is 26.2 Å². The van der Waals surface area contributed by atoms with Crippen molar-refractivity contribution >= 4 is 20.1 Å². The highest BCUT2D eigenvalue weighted by Crippen LogP contribution is 2.35. The molecular weight excluding hydrogens is 241 g/mol. The zero-order valence-electron chi connectivity index (χ0n) is 9.90. The molecule has 0 saturated carbocycles. The Bertz CT molecular complexity index is 304. The van der Waals surface area contributed by atoms with Crippen LogP contribution >= 0.6 is 8.58 Å². The van der Waals surface area contributed by atoms with E-state index in [1.807, 2.05) is 6.92 Å². The molecule has 17 heavy (non-hydrogen) atoms. The van der Waals surface area contributed by atoms with Gasteiger partial charge in [0.2, 0.25) is 6.29 Å². The van der Waals surface area contributed by atoms with Crippen molar-refractivity contribution in [3.63, 3.8) is 0 Å². The van der Waals surface area contributed by atoms with Crippen LogP contribution in [0.3, 0.4) is 0 Å². The van der Waals surface area contributed by atoms with Crippen LogP contribution in [0.4, 0.5) is 0 Å². The molecule has 0 aromatic rings. The molecule has 0 amide bonds. The highest BCUT2D eigenvalue weighted by atomic mass is 31.1. The molecule has 5 nitrogen and oxygen atoms in total. The van der Waals surface area contributed by atoms with Gasteiger partial charge in [-0.05, 0) is 34.9 Å². The minimum Gasteiger partial charge on any atom is -0.435 e. The molecule has 1 unspecified atom stereocenters.